The Morgan fingerprint density at radius 3 is 2.14 bits per heavy atom. The molecule has 6 rings (SSSR count). The van der Waals surface area contributed by atoms with Gasteiger partial charge in [0.1, 0.15) is 0 Å². The van der Waals surface area contributed by atoms with Crippen molar-refractivity contribution in [2.75, 3.05) is 12.3 Å². The van der Waals surface area contributed by atoms with Crippen molar-refractivity contribution in [1.29, 1.82) is 0 Å². The Labute approximate surface area is 245 Å². The summed E-state index contributed by atoms with van der Waals surface area (Å²) in [5, 5.41) is 0.462. The molecule has 0 N–H and O–H groups in total. The number of pyridine rings is 1. The molecule has 0 aliphatic carbocycles. The zero-order chi connectivity index (χ0) is 29.4. The van der Waals surface area contributed by atoms with Crippen molar-refractivity contribution in [3.8, 4) is 22.3 Å². The molecule has 0 spiro atoms. The second-order valence-electron chi connectivity index (χ2n) is 10.1. The molecule has 1 aromatic heterocycles. The summed E-state index contributed by atoms with van der Waals surface area (Å²) in [4.78, 5) is 31.7. The highest BCUT2D eigenvalue weighted by Crippen LogP contribution is 2.39. The van der Waals surface area contributed by atoms with Crippen LogP contribution in [0.25, 0.3) is 33.2 Å². The van der Waals surface area contributed by atoms with E-state index in [4.69, 9.17) is 0 Å². The Balaban J connectivity index is 1.19. The van der Waals surface area contributed by atoms with Crippen LogP contribution in [0.5, 0.6) is 0 Å². The first-order valence-electron chi connectivity index (χ1n) is 13.5. The molecule has 2 amide bonds. The number of imide groups is 1. The first-order chi connectivity index (χ1) is 20.2. The number of aryl methyl sites for hydroxylation is 1. The topological polar surface area (TPSA) is 50.3 Å². The molecule has 42 heavy (non-hydrogen) atoms. The van der Waals surface area contributed by atoms with Crippen LogP contribution in [0.3, 0.4) is 0 Å². The van der Waals surface area contributed by atoms with Gasteiger partial charge in [0, 0.05) is 23.0 Å². The lowest BCUT2D eigenvalue weighted by molar-refractivity contribution is -0.136. The van der Waals surface area contributed by atoms with Crippen molar-refractivity contribution in [3.63, 3.8) is 0 Å². The third-order valence-corrected chi connectivity index (χ3v) is 8.46. The molecule has 0 unspecified atom stereocenters. The standard InChI is InChI=1S/C34H25F3N2O2S/c1-21-20-38-31-28(14-6-15-29(31)34(35,36)37)30(21)24-10-4-8-22(18-24)23-9-5-11-25(19-23)42-17-7-16-39-32(40)26-12-2-3-13-27(26)33(39)41/h2-6,8-15,18-20H,7,16-17H2,1H3. The summed E-state index contributed by atoms with van der Waals surface area (Å²) in [6.45, 7) is 2.21. The highest BCUT2D eigenvalue weighted by Gasteiger charge is 2.35. The number of alkyl halides is 3. The average Bonchev–Trinajstić information content (AvgIpc) is 3.23. The third-order valence-electron chi connectivity index (χ3n) is 7.38. The maximum absolute atomic E-state index is 13.7. The number of amides is 2. The summed E-state index contributed by atoms with van der Waals surface area (Å²) in [6, 6.07) is 26.9. The van der Waals surface area contributed by atoms with E-state index in [9.17, 15) is 22.8 Å². The van der Waals surface area contributed by atoms with Gasteiger partial charge in [-0.15, -0.1) is 11.8 Å². The summed E-state index contributed by atoms with van der Waals surface area (Å²) < 4.78 is 41.0. The van der Waals surface area contributed by atoms with Gasteiger partial charge in [-0.2, -0.15) is 13.2 Å². The Morgan fingerprint density at radius 1 is 0.786 bits per heavy atom. The Morgan fingerprint density at radius 2 is 1.43 bits per heavy atom. The predicted octanol–water partition coefficient (Wildman–Crippen LogP) is 8.67. The summed E-state index contributed by atoms with van der Waals surface area (Å²) in [5.41, 5.74) is 4.37. The molecule has 0 atom stereocenters. The highest BCUT2D eigenvalue weighted by atomic mass is 32.2. The van der Waals surface area contributed by atoms with Crippen molar-refractivity contribution in [3.05, 3.63) is 119 Å². The monoisotopic (exact) mass is 582 g/mol. The predicted molar refractivity (Wildman–Crippen MR) is 160 cm³/mol. The molecule has 1 aliphatic rings. The van der Waals surface area contributed by atoms with Crippen LogP contribution in [-0.4, -0.2) is 34.0 Å². The van der Waals surface area contributed by atoms with Crippen LogP contribution in [0.2, 0.25) is 0 Å². The van der Waals surface area contributed by atoms with Crippen LogP contribution in [0.4, 0.5) is 13.2 Å². The fraction of sp³-hybridized carbons (Fsp3) is 0.147. The Bertz CT molecular complexity index is 1820. The SMILES string of the molecule is Cc1cnc2c(C(F)(F)F)cccc2c1-c1cccc(-c2cccc(SCCCN3C(=O)c4ccccc4C3=O)c2)c1. The van der Waals surface area contributed by atoms with Crippen LogP contribution >= 0.6 is 11.8 Å². The molecule has 4 aromatic carbocycles. The van der Waals surface area contributed by atoms with Crippen molar-refractivity contribution in [2.24, 2.45) is 0 Å². The summed E-state index contributed by atoms with van der Waals surface area (Å²) in [6.07, 6.45) is -2.34. The van der Waals surface area contributed by atoms with Gasteiger partial charge in [0.05, 0.1) is 22.2 Å². The fourth-order valence-electron chi connectivity index (χ4n) is 5.41. The number of hydrogen-bond acceptors (Lipinski definition) is 4. The number of rotatable bonds is 7. The third kappa shape index (κ3) is 5.18. The van der Waals surface area contributed by atoms with Gasteiger partial charge in [-0.05, 0) is 83.3 Å². The number of fused-ring (bicyclic) bond motifs is 2. The lowest BCUT2D eigenvalue weighted by atomic mass is 9.93. The summed E-state index contributed by atoms with van der Waals surface area (Å²) in [7, 11) is 0. The number of aromatic nitrogens is 1. The van der Waals surface area contributed by atoms with Gasteiger partial charge in [0.2, 0.25) is 0 Å². The second-order valence-corrected chi connectivity index (χ2v) is 11.3. The smallest absolute Gasteiger partial charge is 0.274 e. The molecule has 0 saturated carbocycles. The molecular weight excluding hydrogens is 557 g/mol. The van der Waals surface area contributed by atoms with Crippen LogP contribution in [0.15, 0.2) is 102 Å². The molecule has 1 aliphatic heterocycles. The minimum atomic E-state index is -4.50. The Kier molecular flexibility index (Phi) is 7.33. The van der Waals surface area contributed by atoms with E-state index in [1.54, 1.807) is 42.1 Å². The van der Waals surface area contributed by atoms with E-state index in [1.165, 1.54) is 17.2 Å². The molecule has 8 heteroatoms. The van der Waals surface area contributed by atoms with E-state index in [2.05, 4.69) is 11.1 Å². The van der Waals surface area contributed by atoms with E-state index < -0.39 is 11.7 Å². The zero-order valence-corrected chi connectivity index (χ0v) is 23.4. The van der Waals surface area contributed by atoms with Crippen LogP contribution in [0.1, 0.15) is 38.3 Å². The van der Waals surface area contributed by atoms with Gasteiger partial charge >= 0.3 is 6.18 Å². The normalized spacial score (nSPS) is 13.2. The van der Waals surface area contributed by atoms with Crippen LogP contribution in [-0.2, 0) is 6.18 Å². The number of benzene rings is 4. The van der Waals surface area contributed by atoms with E-state index in [1.807, 2.05) is 49.4 Å². The zero-order valence-electron chi connectivity index (χ0n) is 22.6. The van der Waals surface area contributed by atoms with Gasteiger partial charge in [0.25, 0.3) is 11.8 Å². The van der Waals surface area contributed by atoms with Crippen molar-refractivity contribution in [2.45, 2.75) is 24.4 Å². The van der Waals surface area contributed by atoms with Crippen LogP contribution < -0.4 is 0 Å². The lowest BCUT2D eigenvalue weighted by Gasteiger charge is -2.15. The number of thioether (sulfide) groups is 1. The summed E-state index contributed by atoms with van der Waals surface area (Å²) in [5.74, 6) is 0.240. The maximum Gasteiger partial charge on any atom is 0.418 e. The lowest BCUT2D eigenvalue weighted by Crippen LogP contribution is -2.30. The quantitative estimate of drug-likeness (QED) is 0.109. The first kappa shape index (κ1) is 27.7. The summed E-state index contributed by atoms with van der Waals surface area (Å²) >= 11 is 1.64. The molecule has 210 valence electrons. The number of para-hydroxylation sites is 1. The number of hydrogen-bond donors (Lipinski definition) is 0. The van der Waals surface area contributed by atoms with Crippen LogP contribution in [0, 0.1) is 6.92 Å². The molecule has 5 aromatic rings. The highest BCUT2D eigenvalue weighted by molar-refractivity contribution is 7.99. The molecule has 0 saturated heterocycles. The van der Waals surface area contributed by atoms with Crippen molar-refractivity contribution in [1.82, 2.24) is 9.88 Å². The van der Waals surface area contributed by atoms with E-state index in [0.717, 1.165) is 44.5 Å². The maximum atomic E-state index is 13.7. The molecule has 4 nitrogen and oxygen atoms in total. The van der Waals surface area contributed by atoms with E-state index in [-0.39, 0.29) is 17.3 Å². The van der Waals surface area contributed by atoms with Gasteiger partial charge < -0.3 is 0 Å². The van der Waals surface area contributed by atoms with Gasteiger partial charge in [-0.3, -0.25) is 19.5 Å². The van der Waals surface area contributed by atoms with E-state index in [0.29, 0.717) is 29.5 Å². The van der Waals surface area contributed by atoms with Crippen molar-refractivity contribution < 1.29 is 22.8 Å². The Hall–Kier alpha value is -4.43. The number of nitrogens with zero attached hydrogens (tertiary/aromatic N) is 2. The largest absolute Gasteiger partial charge is 0.418 e. The number of halogens is 3. The van der Waals surface area contributed by atoms with E-state index >= 15 is 0 Å². The minimum absolute atomic E-state index is 0.0596. The van der Waals surface area contributed by atoms with Gasteiger partial charge in [-0.1, -0.05) is 54.6 Å². The molecule has 0 radical (unpaired) electrons. The average molecular weight is 583 g/mol. The number of carbonyl (C=O) groups is 2. The fourth-order valence-corrected chi connectivity index (χ4v) is 6.30. The van der Waals surface area contributed by atoms with Gasteiger partial charge in [-0.25, -0.2) is 0 Å². The van der Waals surface area contributed by atoms with Crippen molar-refractivity contribution >= 4 is 34.5 Å². The molecular formula is C34H25F3N2O2S. The molecule has 0 bridgehead atoms. The first-order valence-corrected chi connectivity index (χ1v) is 14.5. The molecule has 2 heterocycles. The second kappa shape index (κ2) is 11.1. The minimum Gasteiger partial charge on any atom is -0.274 e. The number of carbonyl (C=O) groups excluding carboxylic acids is 2. The van der Waals surface area contributed by atoms with Gasteiger partial charge in [0.15, 0.2) is 0 Å². The molecule has 0 fully saturated rings.